The van der Waals surface area contributed by atoms with Gasteiger partial charge in [0.1, 0.15) is 10.8 Å². The van der Waals surface area contributed by atoms with Gasteiger partial charge in [0.25, 0.3) is 0 Å². The number of carbonyl (C=O) groups is 1. The van der Waals surface area contributed by atoms with Gasteiger partial charge in [-0.05, 0) is 0 Å². The summed E-state index contributed by atoms with van der Waals surface area (Å²) in [4.78, 5) is 8.08. The number of ketones is 1. The number of rotatable bonds is 0. The molecule has 0 bridgehead atoms. The van der Waals surface area contributed by atoms with Crippen molar-refractivity contribution >= 4 is 63.8 Å². The fourth-order valence-electron chi connectivity index (χ4n) is 1.48. The van der Waals surface area contributed by atoms with Crippen LogP contribution in [0.4, 0.5) is 0 Å². The Hall–Kier alpha value is 0.400. The SMILES string of the molecule is O=C1C(Cl)=C(O)[C@]2(Cl)C(Cl)=C(Cl)[C@]12Cl. The van der Waals surface area contributed by atoms with Crippen LogP contribution in [0, 0.1) is 0 Å². The Morgan fingerprint density at radius 3 is 1.86 bits per heavy atom. The topological polar surface area (TPSA) is 37.3 Å². The first kappa shape index (κ1) is 10.9. The molecule has 0 heterocycles. The number of alkyl halides is 2. The molecular weight excluding hydrogens is 293 g/mol. The van der Waals surface area contributed by atoms with Crippen molar-refractivity contribution in [1.82, 2.24) is 0 Å². The third kappa shape index (κ3) is 0.782. The molecule has 2 aliphatic carbocycles. The van der Waals surface area contributed by atoms with Crippen molar-refractivity contribution in [3.8, 4) is 0 Å². The predicted molar refractivity (Wildman–Crippen MR) is 56.4 cm³/mol. The number of hydrogen-bond donors (Lipinski definition) is 1. The maximum Gasteiger partial charge on any atom is 0.206 e. The van der Waals surface area contributed by atoms with Gasteiger partial charge < -0.3 is 5.11 Å². The highest BCUT2D eigenvalue weighted by Crippen LogP contribution is 2.67. The molecule has 2 nitrogen and oxygen atoms in total. The number of aliphatic hydroxyl groups is 1. The minimum Gasteiger partial charge on any atom is -0.508 e. The third-order valence-corrected chi connectivity index (χ3v) is 5.30. The van der Waals surface area contributed by atoms with Crippen LogP contribution >= 0.6 is 58.0 Å². The van der Waals surface area contributed by atoms with E-state index >= 15 is 0 Å². The van der Waals surface area contributed by atoms with Gasteiger partial charge in [-0.15, -0.1) is 23.2 Å². The van der Waals surface area contributed by atoms with Crippen LogP contribution in [0.3, 0.4) is 0 Å². The molecule has 0 aliphatic heterocycles. The van der Waals surface area contributed by atoms with Crippen molar-refractivity contribution in [2.75, 3.05) is 0 Å². The van der Waals surface area contributed by atoms with Gasteiger partial charge in [0.05, 0.1) is 10.1 Å². The van der Waals surface area contributed by atoms with E-state index in [4.69, 9.17) is 58.0 Å². The Bertz CT molecular complexity index is 426. The third-order valence-electron chi connectivity index (χ3n) is 2.32. The summed E-state index contributed by atoms with van der Waals surface area (Å²) in [5, 5.41) is 8.91. The molecule has 14 heavy (non-hydrogen) atoms. The van der Waals surface area contributed by atoms with Crippen LogP contribution in [-0.4, -0.2) is 20.6 Å². The Morgan fingerprint density at radius 2 is 1.43 bits per heavy atom. The van der Waals surface area contributed by atoms with E-state index < -0.39 is 26.3 Å². The molecule has 0 fully saturated rings. The van der Waals surface area contributed by atoms with E-state index in [1.807, 2.05) is 0 Å². The molecule has 0 aromatic rings. The second-order valence-corrected chi connectivity index (χ2v) is 5.20. The number of halogens is 5. The van der Waals surface area contributed by atoms with Crippen molar-refractivity contribution in [2.24, 2.45) is 0 Å². The van der Waals surface area contributed by atoms with Crippen molar-refractivity contribution in [2.45, 2.75) is 9.75 Å². The van der Waals surface area contributed by atoms with E-state index in [1.165, 1.54) is 0 Å². The molecule has 2 atom stereocenters. The number of Topliss-reactive ketones (excluding diaryl/α,β-unsaturated/α-hetero) is 1. The molecule has 0 spiro atoms. The van der Waals surface area contributed by atoms with Crippen molar-refractivity contribution in [3.05, 3.63) is 20.9 Å². The zero-order valence-corrected chi connectivity index (χ0v) is 10.0. The smallest absolute Gasteiger partial charge is 0.206 e. The summed E-state index contributed by atoms with van der Waals surface area (Å²) in [6.45, 7) is 0. The van der Waals surface area contributed by atoms with Gasteiger partial charge in [0.2, 0.25) is 5.78 Å². The summed E-state index contributed by atoms with van der Waals surface area (Å²) in [6, 6.07) is 0. The van der Waals surface area contributed by atoms with Crippen LogP contribution in [0.1, 0.15) is 0 Å². The molecule has 0 saturated heterocycles. The second kappa shape index (κ2) is 2.74. The maximum atomic E-state index is 11.5. The first-order chi connectivity index (χ1) is 6.29. The lowest BCUT2D eigenvalue weighted by Gasteiger charge is -2.43. The number of hydrogen-bond acceptors (Lipinski definition) is 2. The zero-order valence-electron chi connectivity index (χ0n) is 6.25. The zero-order chi connectivity index (χ0) is 10.9. The average molecular weight is 294 g/mol. The fourth-order valence-corrected chi connectivity index (χ4v) is 3.53. The summed E-state index contributed by atoms with van der Waals surface area (Å²) >= 11 is 28.7. The van der Waals surface area contributed by atoms with Gasteiger partial charge in [-0.3, -0.25) is 4.79 Å². The fraction of sp³-hybridized carbons (Fsp3) is 0.286. The van der Waals surface area contributed by atoms with Gasteiger partial charge in [0.15, 0.2) is 9.75 Å². The number of carbonyl (C=O) groups excluding carboxylic acids is 1. The molecule has 0 aromatic heterocycles. The maximum absolute atomic E-state index is 11.5. The van der Waals surface area contributed by atoms with Gasteiger partial charge in [0, 0.05) is 0 Å². The molecule has 2 aliphatic rings. The molecule has 2 rings (SSSR count). The highest BCUT2D eigenvalue weighted by Gasteiger charge is 2.75. The molecule has 0 amide bonds. The van der Waals surface area contributed by atoms with Gasteiger partial charge in [-0.2, -0.15) is 0 Å². The van der Waals surface area contributed by atoms with Crippen LogP contribution in [0.2, 0.25) is 0 Å². The Labute approximate surface area is 104 Å². The van der Waals surface area contributed by atoms with Crippen LogP contribution in [-0.2, 0) is 4.79 Å². The second-order valence-electron chi connectivity index (χ2n) is 2.94. The monoisotopic (exact) mass is 292 g/mol. The summed E-state index contributed by atoms with van der Waals surface area (Å²) in [5.41, 5.74) is 0. The van der Waals surface area contributed by atoms with Gasteiger partial charge in [-0.25, -0.2) is 0 Å². The summed E-state index contributed by atoms with van der Waals surface area (Å²) in [7, 11) is 0. The van der Waals surface area contributed by atoms with E-state index in [9.17, 15) is 9.90 Å². The quantitative estimate of drug-likeness (QED) is 0.696. The van der Waals surface area contributed by atoms with E-state index in [0.717, 1.165) is 0 Å². The molecule has 1 N–H and O–H groups in total. The van der Waals surface area contributed by atoms with Gasteiger partial charge in [-0.1, -0.05) is 34.8 Å². The average Bonchev–Trinajstić information content (AvgIpc) is 2.30. The lowest BCUT2D eigenvalue weighted by molar-refractivity contribution is -0.116. The number of allylic oxidation sites excluding steroid dienone is 3. The van der Waals surface area contributed by atoms with E-state index in [-0.39, 0.29) is 10.1 Å². The predicted octanol–water partition coefficient (Wildman–Crippen LogP) is 3.24. The summed E-state index contributed by atoms with van der Waals surface area (Å²) in [6.07, 6.45) is 0. The minimum absolute atomic E-state index is 0.0719. The van der Waals surface area contributed by atoms with Crippen LogP contribution in [0.25, 0.3) is 0 Å². The van der Waals surface area contributed by atoms with E-state index in [0.29, 0.717) is 0 Å². The van der Waals surface area contributed by atoms with Gasteiger partial charge >= 0.3 is 0 Å². The Kier molecular flexibility index (Phi) is 2.14. The lowest BCUT2D eigenvalue weighted by atomic mass is 9.80. The molecule has 0 radical (unpaired) electrons. The van der Waals surface area contributed by atoms with Crippen molar-refractivity contribution < 1.29 is 9.90 Å². The number of fused-ring (bicyclic) bond motifs is 1. The van der Waals surface area contributed by atoms with Crippen LogP contribution < -0.4 is 0 Å². The first-order valence-corrected chi connectivity index (χ1v) is 5.26. The van der Waals surface area contributed by atoms with Crippen LogP contribution in [0.15, 0.2) is 20.9 Å². The van der Waals surface area contributed by atoms with Crippen molar-refractivity contribution in [3.63, 3.8) is 0 Å². The minimum atomic E-state index is -1.74. The molecule has 0 unspecified atom stereocenters. The molecule has 7 heteroatoms. The first-order valence-electron chi connectivity index (χ1n) is 3.37. The summed E-state index contributed by atoms with van der Waals surface area (Å²) < 4.78 is 0. The molecule has 76 valence electrons. The molecule has 0 aromatic carbocycles. The highest BCUT2D eigenvalue weighted by atomic mass is 35.5. The highest BCUT2D eigenvalue weighted by molar-refractivity contribution is 6.67. The molecular formula is C7HCl5O2. The largest absolute Gasteiger partial charge is 0.508 e. The number of aliphatic hydroxyl groups excluding tert-OH is 1. The Balaban J connectivity index is 2.73. The normalized spacial score (nSPS) is 41.6. The van der Waals surface area contributed by atoms with Crippen molar-refractivity contribution in [1.29, 1.82) is 0 Å². The van der Waals surface area contributed by atoms with E-state index in [2.05, 4.69) is 0 Å². The summed E-state index contributed by atoms with van der Waals surface area (Å²) in [5.74, 6) is -1.28. The standard InChI is InChI=1S/C7HCl5O2/c8-1-4(13)6(11)2(9)3(10)7(6,12)5(1)14/h13H/t6-,7+/m1/s1. The Morgan fingerprint density at radius 1 is 1.00 bits per heavy atom. The van der Waals surface area contributed by atoms with E-state index in [1.54, 1.807) is 0 Å². The lowest BCUT2D eigenvalue weighted by Crippen LogP contribution is -2.57. The molecule has 0 saturated carbocycles. The van der Waals surface area contributed by atoms with Crippen LogP contribution in [0.5, 0.6) is 0 Å².